The summed E-state index contributed by atoms with van der Waals surface area (Å²) in [6, 6.07) is 8.87. The number of imidazole rings is 1. The second-order valence-corrected chi connectivity index (χ2v) is 8.49. The Morgan fingerprint density at radius 3 is 2.81 bits per heavy atom. The number of morpholine rings is 1. The number of aromatic amines is 2. The average molecular weight is 426 g/mol. The summed E-state index contributed by atoms with van der Waals surface area (Å²) in [5.74, 6) is 1.63. The van der Waals surface area contributed by atoms with Crippen molar-refractivity contribution in [2.75, 3.05) is 31.2 Å². The fourth-order valence-corrected chi connectivity index (χ4v) is 4.44. The van der Waals surface area contributed by atoms with Gasteiger partial charge >= 0.3 is 0 Å². The van der Waals surface area contributed by atoms with Crippen LogP contribution in [-0.2, 0) is 4.74 Å². The molecule has 5 aromatic rings. The van der Waals surface area contributed by atoms with Gasteiger partial charge in [0.1, 0.15) is 11.2 Å². The molecule has 2 N–H and O–H groups in total. The standard InChI is InChI=1S/C23H22N8O/c1-4-18-17(11-14(1)15-12-25-31(13-15)16-2-3-16)20(29-28-18)22-26-19-5-6-24-23(21(19)27-22)30-7-9-32-10-8-30/h1,4-6,11-13,16H,2-3,7-10H2,(H,26,27)(H,28,29). The first-order valence-electron chi connectivity index (χ1n) is 11.0. The molecule has 1 aliphatic heterocycles. The van der Waals surface area contributed by atoms with Crippen molar-refractivity contribution in [1.29, 1.82) is 0 Å². The monoisotopic (exact) mass is 426 g/mol. The van der Waals surface area contributed by atoms with Crippen LogP contribution in [0.1, 0.15) is 18.9 Å². The molecule has 32 heavy (non-hydrogen) atoms. The quantitative estimate of drug-likeness (QED) is 0.456. The Hall–Kier alpha value is -3.72. The van der Waals surface area contributed by atoms with E-state index in [9.17, 15) is 0 Å². The number of H-pyrrole nitrogens is 2. The van der Waals surface area contributed by atoms with Crippen LogP contribution in [0.25, 0.3) is 44.6 Å². The largest absolute Gasteiger partial charge is 0.378 e. The van der Waals surface area contributed by atoms with Crippen molar-refractivity contribution in [2.45, 2.75) is 18.9 Å². The number of hydrogen-bond acceptors (Lipinski definition) is 6. The summed E-state index contributed by atoms with van der Waals surface area (Å²) in [4.78, 5) is 15.2. The number of nitrogens with zero attached hydrogens (tertiary/aromatic N) is 6. The highest BCUT2D eigenvalue weighted by molar-refractivity contribution is 5.96. The molecule has 7 rings (SSSR count). The Morgan fingerprint density at radius 1 is 1.03 bits per heavy atom. The lowest BCUT2D eigenvalue weighted by molar-refractivity contribution is 0.122. The first-order valence-corrected chi connectivity index (χ1v) is 11.0. The molecule has 0 radical (unpaired) electrons. The summed E-state index contributed by atoms with van der Waals surface area (Å²) < 4.78 is 7.57. The summed E-state index contributed by atoms with van der Waals surface area (Å²) in [5, 5.41) is 13.3. The highest BCUT2D eigenvalue weighted by Crippen LogP contribution is 2.36. The van der Waals surface area contributed by atoms with Gasteiger partial charge in [-0.2, -0.15) is 10.2 Å². The van der Waals surface area contributed by atoms with Gasteiger partial charge in [-0.05, 0) is 36.6 Å². The van der Waals surface area contributed by atoms with Gasteiger partial charge in [0, 0.05) is 36.4 Å². The third-order valence-electron chi connectivity index (χ3n) is 6.34. The van der Waals surface area contributed by atoms with E-state index in [1.54, 1.807) is 0 Å². The summed E-state index contributed by atoms with van der Waals surface area (Å²) in [6.45, 7) is 3.05. The van der Waals surface area contributed by atoms with Crippen molar-refractivity contribution in [3.8, 4) is 22.6 Å². The van der Waals surface area contributed by atoms with E-state index in [1.807, 2.05) is 18.5 Å². The van der Waals surface area contributed by atoms with Crippen LogP contribution in [0.15, 0.2) is 42.9 Å². The average Bonchev–Trinajstić information content (AvgIpc) is 3.24. The molecular formula is C23H22N8O. The normalized spacial score (nSPS) is 16.9. The Morgan fingerprint density at radius 2 is 1.94 bits per heavy atom. The zero-order chi connectivity index (χ0) is 21.1. The van der Waals surface area contributed by atoms with Gasteiger partial charge in [-0.3, -0.25) is 9.78 Å². The number of hydrogen-bond donors (Lipinski definition) is 2. The predicted molar refractivity (Wildman–Crippen MR) is 122 cm³/mol. The molecule has 1 saturated heterocycles. The fourth-order valence-electron chi connectivity index (χ4n) is 4.44. The van der Waals surface area contributed by atoms with Crippen molar-refractivity contribution in [3.05, 3.63) is 42.9 Å². The van der Waals surface area contributed by atoms with Gasteiger partial charge in [0.15, 0.2) is 11.6 Å². The van der Waals surface area contributed by atoms with Crippen molar-refractivity contribution >= 4 is 27.8 Å². The van der Waals surface area contributed by atoms with Gasteiger partial charge in [0.25, 0.3) is 0 Å². The maximum absolute atomic E-state index is 5.49. The van der Waals surface area contributed by atoms with E-state index in [2.05, 4.69) is 59.2 Å². The molecule has 9 heteroatoms. The van der Waals surface area contributed by atoms with Gasteiger partial charge < -0.3 is 14.6 Å². The minimum atomic E-state index is 0.571. The third-order valence-corrected chi connectivity index (χ3v) is 6.34. The second kappa shape index (κ2) is 6.89. The molecule has 4 aromatic heterocycles. The number of anilines is 1. The first-order chi connectivity index (χ1) is 15.8. The van der Waals surface area contributed by atoms with Crippen LogP contribution in [0.2, 0.25) is 0 Å². The minimum Gasteiger partial charge on any atom is -0.378 e. The molecule has 1 aliphatic carbocycles. The first kappa shape index (κ1) is 17.9. The maximum atomic E-state index is 5.49. The Kier molecular flexibility index (Phi) is 3.86. The number of fused-ring (bicyclic) bond motifs is 2. The lowest BCUT2D eigenvalue weighted by Crippen LogP contribution is -2.36. The van der Waals surface area contributed by atoms with E-state index in [0.29, 0.717) is 19.3 Å². The molecule has 0 spiro atoms. The van der Waals surface area contributed by atoms with Crippen LogP contribution >= 0.6 is 0 Å². The minimum absolute atomic E-state index is 0.571. The maximum Gasteiger partial charge on any atom is 0.159 e. The molecule has 0 unspecified atom stereocenters. The van der Waals surface area contributed by atoms with Crippen LogP contribution in [0, 0.1) is 0 Å². The number of benzene rings is 1. The van der Waals surface area contributed by atoms with Gasteiger partial charge in [-0.25, -0.2) is 9.97 Å². The molecule has 2 aliphatic rings. The van der Waals surface area contributed by atoms with E-state index in [-0.39, 0.29) is 0 Å². The predicted octanol–water partition coefficient (Wildman–Crippen LogP) is 3.54. The highest BCUT2D eigenvalue weighted by atomic mass is 16.5. The SMILES string of the molecule is c1cc2[nH]c(-c3n[nH]c4ccc(-c5cnn(C6CC6)c5)cc34)nc2c(N2CCOCC2)n1. The third kappa shape index (κ3) is 2.89. The van der Waals surface area contributed by atoms with Crippen molar-refractivity contribution < 1.29 is 4.74 Å². The van der Waals surface area contributed by atoms with E-state index in [4.69, 9.17) is 9.72 Å². The molecule has 0 amide bonds. The van der Waals surface area contributed by atoms with Crippen molar-refractivity contribution in [1.82, 2.24) is 34.9 Å². The van der Waals surface area contributed by atoms with Crippen molar-refractivity contribution in [2.24, 2.45) is 0 Å². The molecule has 9 nitrogen and oxygen atoms in total. The van der Waals surface area contributed by atoms with Gasteiger partial charge in [-0.1, -0.05) is 6.07 Å². The number of rotatable bonds is 4. The van der Waals surface area contributed by atoms with E-state index < -0.39 is 0 Å². The van der Waals surface area contributed by atoms with Crippen LogP contribution < -0.4 is 4.90 Å². The molecule has 2 fully saturated rings. The summed E-state index contributed by atoms with van der Waals surface area (Å²) >= 11 is 0. The topological polar surface area (TPSA) is 101 Å². The fraction of sp³-hybridized carbons (Fsp3) is 0.304. The molecule has 0 bridgehead atoms. The number of aromatic nitrogens is 7. The number of nitrogens with one attached hydrogen (secondary N) is 2. The van der Waals surface area contributed by atoms with Crippen LogP contribution in [0.5, 0.6) is 0 Å². The Bertz CT molecular complexity index is 1440. The molecule has 1 aromatic carbocycles. The number of ether oxygens (including phenoxy) is 1. The van der Waals surface area contributed by atoms with E-state index >= 15 is 0 Å². The van der Waals surface area contributed by atoms with Gasteiger partial charge in [-0.15, -0.1) is 0 Å². The summed E-state index contributed by atoms with van der Waals surface area (Å²) in [6.07, 6.45) is 8.35. The van der Waals surface area contributed by atoms with Crippen LogP contribution in [-0.4, -0.2) is 61.2 Å². The molecule has 1 saturated carbocycles. The molecule has 160 valence electrons. The second-order valence-electron chi connectivity index (χ2n) is 8.49. The molecule has 0 atom stereocenters. The number of pyridine rings is 1. The molecule has 5 heterocycles. The zero-order valence-corrected chi connectivity index (χ0v) is 17.5. The van der Waals surface area contributed by atoms with Gasteiger partial charge in [0.05, 0.1) is 36.5 Å². The lowest BCUT2D eigenvalue weighted by Gasteiger charge is -2.27. The van der Waals surface area contributed by atoms with E-state index in [0.717, 1.165) is 63.5 Å². The van der Waals surface area contributed by atoms with Crippen molar-refractivity contribution in [3.63, 3.8) is 0 Å². The van der Waals surface area contributed by atoms with E-state index in [1.165, 1.54) is 12.8 Å². The Labute approximate surface area is 183 Å². The van der Waals surface area contributed by atoms with Crippen LogP contribution in [0.4, 0.5) is 5.82 Å². The zero-order valence-electron chi connectivity index (χ0n) is 17.5. The summed E-state index contributed by atoms with van der Waals surface area (Å²) in [7, 11) is 0. The Balaban J connectivity index is 1.31. The molecular weight excluding hydrogens is 404 g/mol. The smallest absolute Gasteiger partial charge is 0.159 e. The summed E-state index contributed by atoms with van der Waals surface area (Å²) in [5.41, 5.74) is 5.84. The highest BCUT2D eigenvalue weighted by Gasteiger charge is 2.24. The van der Waals surface area contributed by atoms with Crippen LogP contribution in [0.3, 0.4) is 0 Å². The van der Waals surface area contributed by atoms with Gasteiger partial charge in [0.2, 0.25) is 0 Å². The lowest BCUT2D eigenvalue weighted by atomic mass is 10.1.